The van der Waals surface area contributed by atoms with Gasteiger partial charge in [0.15, 0.2) is 0 Å². The van der Waals surface area contributed by atoms with Crippen LogP contribution >= 0.6 is 0 Å². The van der Waals surface area contributed by atoms with Crippen molar-refractivity contribution in [3.63, 3.8) is 0 Å². The van der Waals surface area contributed by atoms with Crippen molar-refractivity contribution in [2.75, 3.05) is 32.0 Å². The molecule has 2 heterocycles. The zero-order valence-corrected chi connectivity index (χ0v) is 14.6. The Balaban J connectivity index is 1.65. The van der Waals surface area contributed by atoms with E-state index in [4.69, 9.17) is 0 Å². The Morgan fingerprint density at radius 2 is 2.29 bits per heavy atom. The van der Waals surface area contributed by atoms with Crippen LogP contribution in [0.5, 0.6) is 0 Å². The first kappa shape index (κ1) is 15.7. The van der Waals surface area contributed by atoms with E-state index in [0.717, 1.165) is 38.9 Å². The van der Waals surface area contributed by atoms with Crippen LogP contribution in [0.3, 0.4) is 0 Å². The fraction of sp³-hybridized carbons (Fsp3) is 0.550. The summed E-state index contributed by atoms with van der Waals surface area (Å²) in [6, 6.07) is 7.00. The van der Waals surface area contributed by atoms with E-state index in [1.54, 1.807) is 0 Å². The van der Waals surface area contributed by atoms with E-state index in [9.17, 15) is 4.79 Å². The minimum absolute atomic E-state index is 0.0418. The van der Waals surface area contributed by atoms with Crippen molar-refractivity contribution in [1.29, 1.82) is 0 Å². The highest BCUT2D eigenvalue weighted by Crippen LogP contribution is 2.48. The van der Waals surface area contributed by atoms with E-state index >= 15 is 0 Å². The molecule has 24 heavy (non-hydrogen) atoms. The van der Waals surface area contributed by atoms with Crippen LogP contribution in [0.25, 0.3) is 5.57 Å². The Bertz CT molecular complexity index is 681. The third kappa shape index (κ3) is 2.53. The van der Waals surface area contributed by atoms with Crippen molar-refractivity contribution in [3.05, 3.63) is 35.4 Å². The molecule has 2 aliphatic heterocycles. The summed E-state index contributed by atoms with van der Waals surface area (Å²) in [5.74, 6) is 0.740. The van der Waals surface area contributed by atoms with Gasteiger partial charge in [0.2, 0.25) is 5.91 Å². The summed E-state index contributed by atoms with van der Waals surface area (Å²) in [5, 5.41) is 6.65. The number of rotatable bonds is 4. The number of amides is 1. The standard InChI is InChI=1S/C20H27N3O/c1-3-4-8-21-20(24)14-9-16-15-6-5-7-17-19(15)13(11-22-17)10-18(16)23(2)12-14/h5-7,9,13-14,18,22H,3-4,8,10-12H2,1-2H3,(H,21,24). The molecule has 0 saturated heterocycles. The van der Waals surface area contributed by atoms with E-state index in [1.165, 1.54) is 22.4 Å². The van der Waals surface area contributed by atoms with Gasteiger partial charge >= 0.3 is 0 Å². The topological polar surface area (TPSA) is 44.4 Å². The number of anilines is 1. The maximum absolute atomic E-state index is 12.6. The first-order valence-corrected chi connectivity index (χ1v) is 9.26. The second-order valence-electron chi connectivity index (χ2n) is 7.41. The average molecular weight is 325 g/mol. The third-order valence-corrected chi connectivity index (χ3v) is 5.79. The number of hydrogen-bond donors (Lipinski definition) is 2. The number of nitrogens with one attached hydrogen (secondary N) is 2. The molecule has 3 unspecified atom stereocenters. The number of nitrogens with zero attached hydrogens (tertiary/aromatic N) is 1. The molecule has 4 heteroatoms. The summed E-state index contributed by atoms with van der Waals surface area (Å²) >= 11 is 0. The molecule has 1 amide bonds. The number of carbonyl (C=O) groups is 1. The zero-order valence-electron chi connectivity index (χ0n) is 14.6. The Morgan fingerprint density at radius 1 is 1.42 bits per heavy atom. The van der Waals surface area contributed by atoms with Crippen LogP contribution in [0.2, 0.25) is 0 Å². The van der Waals surface area contributed by atoms with Gasteiger partial charge in [-0.1, -0.05) is 31.6 Å². The van der Waals surface area contributed by atoms with Gasteiger partial charge in [0.25, 0.3) is 0 Å². The van der Waals surface area contributed by atoms with Crippen LogP contribution in [-0.2, 0) is 4.79 Å². The molecule has 0 fully saturated rings. The van der Waals surface area contributed by atoms with E-state index < -0.39 is 0 Å². The van der Waals surface area contributed by atoms with Gasteiger partial charge in [0, 0.05) is 37.3 Å². The van der Waals surface area contributed by atoms with Gasteiger partial charge in [0.05, 0.1) is 5.92 Å². The van der Waals surface area contributed by atoms with Gasteiger partial charge < -0.3 is 10.6 Å². The van der Waals surface area contributed by atoms with Gasteiger partial charge in [-0.15, -0.1) is 0 Å². The molecule has 1 aromatic carbocycles. The lowest BCUT2D eigenvalue weighted by Crippen LogP contribution is -2.46. The van der Waals surface area contributed by atoms with Gasteiger partial charge in [-0.25, -0.2) is 0 Å². The predicted octanol–water partition coefficient (Wildman–Crippen LogP) is 2.83. The SMILES string of the molecule is CCCCNC(=O)C1C=C2c3cccc4c3C(CN4)CC2N(C)C1. The maximum Gasteiger partial charge on any atom is 0.228 e. The molecule has 128 valence electrons. The fourth-order valence-corrected chi connectivity index (χ4v) is 4.53. The minimum atomic E-state index is -0.0418. The number of benzene rings is 1. The number of carbonyl (C=O) groups excluding carboxylic acids is 1. The number of hydrogen-bond acceptors (Lipinski definition) is 3. The van der Waals surface area contributed by atoms with Crippen molar-refractivity contribution in [1.82, 2.24) is 10.2 Å². The van der Waals surface area contributed by atoms with Crippen LogP contribution in [0.15, 0.2) is 24.3 Å². The smallest absolute Gasteiger partial charge is 0.228 e. The van der Waals surface area contributed by atoms with Crippen LogP contribution in [-0.4, -0.2) is 43.5 Å². The Morgan fingerprint density at radius 3 is 3.12 bits per heavy atom. The summed E-state index contributed by atoms with van der Waals surface area (Å²) in [5.41, 5.74) is 5.47. The monoisotopic (exact) mass is 325 g/mol. The largest absolute Gasteiger partial charge is 0.384 e. The molecule has 0 saturated carbocycles. The van der Waals surface area contributed by atoms with Crippen LogP contribution in [0.1, 0.15) is 43.2 Å². The molecule has 4 nitrogen and oxygen atoms in total. The molecule has 3 aliphatic rings. The van der Waals surface area contributed by atoms with Crippen molar-refractivity contribution in [3.8, 4) is 0 Å². The summed E-state index contributed by atoms with van der Waals surface area (Å²) < 4.78 is 0. The highest BCUT2D eigenvalue weighted by Gasteiger charge is 2.40. The molecule has 1 aromatic rings. The Labute approximate surface area is 144 Å². The number of fused-ring (bicyclic) bond motifs is 2. The summed E-state index contributed by atoms with van der Waals surface area (Å²) in [7, 11) is 2.17. The maximum atomic E-state index is 12.6. The van der Waals surface area contributed by atoms with Crippen molar-refractivity contribution in [2.24, 2.45) is 5.92 Å². The normalized spacial score (nSPS) is 27.8. The zero-order chi connectivity index (χ0) is 16.7. The quantitative estimate of drug-likeness (QED) is 0.837. The molecule has 0 spiro atoms. The number of likely N-dealkylation sites (N-methyl/N-ethyl adjacent to an activating group) is 1. The highest BCUT2D eigenvalue weighted by molar-refractivity contribution is 5.87. The molecule has 0 radical (unpaired) electrons. The van der Waals surface area contributed by atoms with Crippen LogP contribution < -0.4 is 10.6 Å². The minimum Gasteiger partial charge on any atom is -0.384 e. The predicted molar refractivity (Wildman–Crippen MR) is 98.1 cm³/mol. The second-order valence-corrected chi connectivity index (χ2v) is 7.41. The molecule has 0 aromatic heterocycles. The molecule has 4 rings (SSSR count). The molecular formula is C20H27N3O. The van der Waals surface area contributed by atoms with E-state index in [0.29, 0.717) is 12.0 Å². The highest BCUT2D eigenvalue weighted by atomic mass is 16.1. The third-order valence-electron chi connectivity index (χ3n) is 5.79. The van der Waals surface area contributed by atoms with Crippen molar-refractivity contribution in [2.45, 2.75) is 38.1 Å². The lowest BCUT2D eigenvalue weighted by Gasteiger charge is -2.41. The van der Waals surface area contributed by atoms with Crippen molar-refractivity contribution < 1.29 is 4.79 Å². The first-order chi connectivity index (χ1) is 11.7. The lowest BCUT2D eigenvalue weighted by molar-refractivity contribution is -0.124. The summed E-state index contributed by atoms with van der Waals surface area (Å²) in [4.78, 5) is 14.9. The number of unbranched alkanes of at least 4 members (excludes halogenated alkanes) is 1. The van der Waals surface area contributed by atoms with E-state index in [1.807, 2.05) is 0 Å². The van der Waals surface area contributed by atoms with Gasteiger partial charge in [-0.05, 0) is 42.7 Å². The fourth-order valence-electron chi connectivity index (χ4n) is 4.53. The van der Waals surface area contributed by atoms with Crippen LogP contribution in [0.4, 0.5) is 5.69 Å². The Kier molecular flexibility index (Phi) is 4.09. The van der Waals surface area contributed by atoms with Crippen molar-refractivity contribution >= 4 is 17.2 Å². The van der Waals surface area contributed by atoms with Crippen LogP contribution in [0, 0.1) is 5.92 Å². The molecule has 1 aliphatic carbocycles. The Hall–Kier alpha value is -1.81. The average Bonchev–Trinajstić information content (AvgIpc) is 3.00. The van der Waals surface area contributed by atoms with E-state index in [-0.39, 0.29) is 11.8 Å². The molecule has 2 N–H and O–H groups in total. The van der Waals surface area contributed by atoms with Gasteiger partial charge in [-0.3, -0.25) is 9.69 Å². The lowest BCUT2D eigenvalue weighted by atomic mass is 9.74. The molecular weight excluding hydrogens is 298 g/mol. The molecule has 0 bridgehead atoms. The first-order valence-electron chi connectivity index (χ1n) is 9.26. The van der Waals surface area contributed by atoms with Gasteiger partial charge in [-0.2, -0.15) is 0 Å². The molecule has 3 atom stereocenters. The van der Waals surface area contributed by atoms with Gasteiger partial charge in [0.1, 0.15) is 0 Å². The van der Waals surface area contributed by atoms with E-state index in [2.05, 4.69) is 53.8 Å². The summed E-state index contributed by atoms with van der Waals surface area (Å²) in [6.07, 6.45) is 5.56. The summed E-state index contributed by atoms with van der Waals surface area (Å²) in [6.45, 7) is 4.80. The second kappa shape index (κ2) is 6.25.